The highest BCUT2D eigenvalue weighted by Crippen LogP contribution is 2.22. The molecule has 0 bridgehead atoms. The highest BCUT2D eigenvalue weighted by molar-refractivity contribution is 6.03. The minimum absolute atomic E-state index is 0.201. The second kappa shape index (κ2) is 10.3. The first-order chi connectivity index (χ1) is 19.2. The van der Waals surface area contributed by atoms with Gasteiger partial charge in [0.05, 0.1) is 22.3 Å². The molecule has 0 atom stereocenters. The van der Waals surface area contributed by atoms with Gasteiger partial charge in [0.1, 0.15) is 11.2 Å². The van der Waals surface area contributed by atoms with Crippen molar-refractivity contribution in [1.29, 1.82) is 0 Å². The second-order valence-electron chi connectivity index (χ2n) is 9.04. The Labute approximate surface area is 227 Å². The van der Waals surface area contributed by atoms with Crippen molar-refractivity contribution in [1.82, 2.24) is 33.9 Å². The van der Waals surface area contributed by atoms with Crippen LogP contribution in [-0.4, -0.2) is 51.6 Å². The highest BCUT2D eigenvalue weighted by Gasteiger charge is 2.19. The maximum atomic E-state index is 13.1. The minimum Gasteiger partial charge on any atom is -0.369 e. The quantitative estimate of drug-likeness (QED) is 0.201. The van der Waals surface area contributed by atoms with E-state index in [9.17, 15) is 14.4 Å². The molecule has 4 aromatic heterocycles. The Balaban J connectivity index is 1.43. The predicted octanol–water partition coefficient (Wildman–Crippen LogP) is 1.59. The van der Waals surface area contributed by atoms with Gasteiger partial charge in [0.25, 0.3) is 5.91 Å². The van der Waals surface area contributed by atoms with Gasteiger partial charge in [-0.15, -0.1) is 0 Å². The molecule has 204 valence electrons. The van der Waals surface area contributed by atoms with Crippen LogP contribution in [0.3, 0.4) is 0 Å². The molecule has 14 nitrogen and oxygen atoms in total. The van der Waals surface area contributed by atoms with Crippen molar-refractivity contribution >= 4 is 51.8 Å². The zero-order chi connectivity index (χ0) is 28.6. The molecule has 0 saturated carbocycles. The van der Waals surface area contributed by atoms with Crippen molar-refractivity contribution in [3.05, 3.63) is 71.2 Å². The third-order valence-corrected chi connectivity index (χ3v) is 6.33. The van der Waals surface area contributed by atoms with Gasteiger partial charge in [0.2, 0.25) is 23.7 Å². The smallest absolute Gasteiger partial charge is 0.276 e. The molecule has 0 unspecified atom stereocenters. The highest BCUT2D eigenvalue weighted by atomic mass is 16.2. The molecule has 40 heavy (non-hydrogen) atoms. The first-order valence-electron chi connectivity index (χ1n) is 12.4. The Morgan fingerprint density at radius 3 is 2.35 bits per heavy atom. The number of carbonyl (C=O) groups is 3. The fourth-order valence-electron chi connectivity index (χ4n) is 4.40. The van der Waals surface area contributed by atoms with E-state index < -0.39 is 11.8 Å². The molecule has 0 radical (unpaired) electrons. The summed E-state index contributed by atoms with van der Waals surface area (Å²) in [7, 11) is 0. The van der Waals surface area contributed by atoms with Crippen LogP contribution in [0.1, 0.15) is 43.8 Å². The van der Waals surface area contributed by atoms with Gasteiger partial charge in [-0.1, -0.05) is 12.2 Å². The van der Waals surface area contributed by atoms with Crippen LogP contribution in [0.2, 0.25) is 0 Å². The topological polar surface area (TPSA) is 208 Å². The van der Waals surface area contributed by atoms with Crippen molar-refractivity contribution in [2.75, 3.05) is 11.1 Å². The Hall–Kier alpha value is -5.53. The first-order valence-corrected chi connectivity index (χ1v) is 12.4. The molecule has 3 amide bonds. The van der Waals surface area contributed by atoms with Crippen LogP contribution in [0.5, 0.6) is 0 Å². The number of allylic oxidation sites excluding steroid dienone is 2. The molecule has 0 aliphatic carbocycles. The molecule has 0 spiro atoms. The van der Waals surface area contributed by atoms with E-state index in [0.29, 0.717) is 53.3 Å². The molecular weight excluding hydrogens is 514 g/mol. The monoisotopic (exact) mass is 541 g/mol. The number of aryl methyl sites for hydroxylation is 2. The van der Waals surface area contributed by atoms with Gasteiger partial charge >= 0.3 is 0 Å². The largest absolute Gasteiger partial charge is 0.369 e. The Morgan fingerprint density at radius 2 is 1.65 bits per heavy atom. The number of nitrogens with one attached hydrogen (secondary N) is 1. The van der Waals surface area contributed by atoms with Gasteiger partial charge in [-0.3, -0.25) is 28.9 Å². The Bertz CT molecular complexity index is 1830. The van der Waals surface area contributed by atoms with E-state index in [2.05, 4.69) is 25.4 Å². The SMILES string of the molecule is CCn1nc(C)cc1C(=O)Nc1nc2cc(C(N)=O)cnc2n1CC=CCn1c(N)nc2cc(C(N)=O)ccc21. The standard InChI is InChI=1S/C26H27N11O3/c1-3-37-20(10-14(2)34-37)24(40)33-26-32-18-12-16(22(28)39)13-30-23(18)36(26)9-5-4-8-35-19-7-6-15(21(27)38)11-17(19)31-25(35)29/h4-7,10-13H,3,8-9H2,1-2H3,(H2,27,38)(H2,28,39)(H2,29,31)(H,32,33,40). The summed E-state index contributed by atoms with van der Waals surface area (Å²) in [5.41, 5.74) is 20.7. The van der Waals surface area contributed by atoms with Crippen molar-refractivity contribution < 1.29 is 14.4 Å². The van der Waals surface area contributed by atoms with E-state index in [1.807, 2.05) is 26.0 Å². The summed E-state index contributed by atoms with van der Waals surface area (Å²) in [4.78, 5) is 49.5. The summed E-state index contributed by atoms with van der Waals surface area (Å²) in [6.45, 7) is 4.91. The van der Waals surface area contributed by atoms with Crippen molar-refractivity contribution in [2.24, 2.45) is 11.5 Å². The molecular formula is C26H27N11O3. The van der Waals surface area contributed by atoms with Gasteiger partial charge < -0.3 is 21.8 Å². The number of amides is 3. The number of pyridine rings is 1. The van der Waals surface area contributed by atoms with E-state index >= 15 is 0 Å². The average Bonchev–Trinajstić information content (AvgIpc) is 3.57. The van der Waals surface area contributed by atoms with Crippen molar-refractivity contribution in [2.45, 2.75) is 33.5 Å². The zero-order valence-corrected chi connectivity index (χ0v) is 21.8. The number of rotatable bonds is 9. The fourth-order valence-corrected chi connectivity index (χ4v) is 4.40. The van der Waals surface area contributed by atoms with Gasteiger partial charge in [-0.05, 0) is 44.2 Å². The lowest BCUT2D eigenvalue weighted by molar-refractivity contribution is 0.0992. The molecule has 0 aliphatic heterocycles. The predicted molar refractivity (Wildman–Crippen MR) is 148 cm³/mol. The van der Waals surface area contributed by atoms with Crippen molar-refractivity contribution in [3.8, 4) is 0 Å². The van der Waals surface area contributed by atoms with E-state index in [1.165, 1.54) is 12.3 Å². The lowest BCUT2D eigenvalue weighted by Crippen LogP contribution is -2.20. The van der Waals surface area contributed by atoms with E-state index in [-0.39, 0.29) is 23.4 Å². The summed E-state index contributed by atoms with van der Waals surface area (Å²) >= 11 is 0. The third kappa shape index (κ3) is 4.84. The maximum Gasteiger partial charge on any atom is 0.276 e. The number of benzene rings is 1. The first kappa shape index (κ1) is 26.1. The molecule has 0 fully saturated rings. The maximum absolute atomic E-state index is 13.1. The van der Waals surface area contributed by atoms with E-state index in [0.717, 1.165) is 5.52 Å². The number of nitrogens with zero attached hydrogens (tertiary/aromatic N) is 7. The number of hydrogen-bond donors (Lipinski definition) is 4. The lowest BCUT2D eigenvalue weighted by atomic mass is 10.2. The summed E-state index contributed by atoms with van der Waals surface area (Å²) in [6, 6.07) is 8.18. The third-order valence-electron chi connectivity index (χ3n) is 6.33. The van der Waals surface area contributed by atoms with Crippen LogP contribution in [0.4, 0.5) is 11.9 Å². The van der Waals surface area contributed by atoms with Crippen LogP contribution >= 0.6 is 0 Å². The van der Waals surface area contributed by atoms with Crippen LogP contribution in [-0.2, 0) is 19.6 Å². The van der Waals surface area contributed by atoms with Gasteiger partial charge in [-0.25, -0.2) is 15.0 Å². The number of primary amides is 2. The summed E-state index contributed by atoms with van der Waals surface area (Å²) in [5, 5.41) is 7.17. The minimum atomic E-state index is -0.634. The molecule has 7 N–H and O–H groups in total. The van der Waals surface area contributed by atoms with Crippen LogP contribution in [0.25, 0.3) is 22.2 Å². The second-order valence-corrected chi connectivity index (χ2v) is 9.04. The number of aromatic nitrogens is 7. The summed E-state index contributed by atoms with van der Waals surface area (Å²) in [5.74, 6) is -1.04. The summed E-state index contributed by atoms with van der Waals surface area (Å²) < 4.78 is 5.10. The van der Waals surface area contributed by atoms with Gasteiger partial charge in [0, 0.05) is 31.4 Å². The fraction of sp³-hybridized carbons (Fsp3) is 0.192. The molecule has 0 aliphatic rings. The molecule has 1 aromatic carbocycles. The zero-order valence-electron chi connectivity index (χ0n) is 21.8. The van der Waals surface area contributed by atoms with Crippen LogP contribution < -0.4 is 22.5 Å². The van der Waals surface area contributed by atoms with Crippen molar-refractivity contribution in [3.63, 3.8) is 0 Å². The van der Waals surface area contributed by atoms with Gasteiger partial charge in [0.15, 0.2) is 5.65 Å². The van der Waals surface area contributed by atoms with E-state index in [1.54, 1.807) is 38.1 Å². The molecule has 0 saturated heterocycles. The number of carbonyl (C=O) groups excluding carboxylic acids is 3. The number of imidazole rings is 2. The Morgan fingerprint density at radius 1 is 0.950 bits per heavy atom. The van der Waals surface area contributed by atoms with Gasteiger partial charge in [-0.2, -0.15) is 5.10 Å². The number of anilines is 2. The normalized spacial score (nSPS) is 11.6. The molecule has 5 rings (SSSR count). The van der Waals surface area contributed by atoms with Crippen LogP contribution in [0.15, 0.2) is 48.7 Å². The number of nitrogen functional groups attached to an aromatic ring is 1. The number of fused-ring (bicyclic) bond motifs is 2. The average molecular weight is 542 g/mol. The number of nitrogens with two attached hydrogens (primary N) is 3. The number of hydrogen-bond acceptors (Lipinski definition) is 8. The molecule has 5 aromatic rings. The van der Waals surface area contributed by atoms with E-state index in [4.69, 9.17) is 17.2 Å². The molecule has 14 heteroatoms. The Kier molecular flexibility index (Phi) is 6.73. The van der Waals surface area contributed by atoms with Crippen LogP contribution in [0, 0.1) is 6.92 Å². The lowest BCUT2D eigenvalue weighted by Gasteiger charge is -2.09. The summed E-state index contributed by atoms with van der Waals surface area (Å²) in [6.07, 6.45) is 5.11. The molecule has 4 heterocycles.